The van der Waals surface area contributed by atoms with Crippen molar-refractivity contribution in [2.45, 2.75) is 13.8 Å². The number of rotatable bonds is 2. The molecule has 21 heavy (non-hydrogen) atoms. The number of nitrogens with zero attached hydrogens (tertiary/aromatic N) is 4. The summed E-state index contributed by atoms with van der Waals surface area (Å²) >= 11 is 5.87. The maximum absolute atomic E-state index is 9.80. The minimum absolute atomic E-state index is 0.179. The largest absolute Gasteiger partial charge is 0.504 e. The molecule has 0 aliphatic heterocycles. The molecule has 0 radical (unpaired) electrons. The third-order valence-corrected chi connectivity index (χ3v) is 3.51. The number of benzene rings is 1. The fourth-order valence-corrected chi connectivity index (χ4v) is 2.20. The van der Waals surface area contributed by atoms with Crippen molar-refractivity contribution in [3.8, 4) is 22.8 Å². The van der Waals surface area contributed by atoms with Gasteiger partial charge in [0.25, 0.3) is 0 Å². The summed E-state index contributed by atoms with van der Waals surface area (Å²) in [6.45, 7) is 3.53. The molecule has 3 rings (SSSR count). The molecule has 106 valence electrons. The van der Waals surface area contributed by atoms with Crippen LogP contribution in [0.5, 0.6) is 5.75 Å². The molecule has 0 saturated heterocycles. The van der Waals surface area contributed by atoms with E-state index in [2.05, 4.69) is 15.3 Å². The summed E-state index contributed by atoms with van der Waals surface area (Å²) in [6.07, 6.45) is 0. The fraction of sp³-hybridized carbons (Fsp3) is 0.133. The lowest BCUT2D eigenvalue weighted by atomic mass is 10.1. The number of hydrogen-bond donors (Lipinski definition) is 1. The van der Waals surface area contributed by atoms with Crippen LogP contribution in [0.15, 0.2) is 36.4 Å². The van der Waals surface area contributed by atoms with Gasteiger partial charge in [0.1, 0.15) is 5.69 Å². The third-order valence-electron chi connectivity index (χ3n) is 3.26. The highest BCUT2D eigenvalue weighted by Crippen LogP contribution is 2.23. The number of aromatic nitrogens is 4. The van der Waals surface area contributed by atoms with Gasteiger partial charge in [-0.25, -0.2) is 4.68 Å². The van der Waals surface area contributed by atoms with Gasteiger partial charge in [0.05, 0.1) is 11.4 Å². The third kappa shape index (κ3) is 2.48. The Morgan fingerprint density at radius 2 is 1.71 bits per heavy atom. The van der Waals surface area contributed by atoms with Gasteiger partial charge in [-0.2, -0.15) is 5.10 Å². The first-order valence-corrected chi connectivity index (χ1v) is 6.79. The zero-order chi connectivity index (χ0) is 15.0. The van der Waals surface area contributed by atoms with Crippen LogP contribution in [0.2, 0.25) is 5.02 Å². The van der Waals surface area contributed by atoms with Crippen LogP contribution in [0, 0.1) is 13.8 Å². The number of aromatic hydroxyl groups is 1. The summed E-state index contributed by atoms with van der Waals surface area (Å²) in [5, 5.41) is 23.1. The van der Waals surface area contributed by atoms with E-state index >= 15 is 0 Å². The Hall–Kier alpha value is -2.40. The number of halogens is 1. The van der Waals surface area contributed by atoms with E-state index in [9.17, 15) is 5.11 Å². The maximum Gasteiger partial charge on any atom is 0.176 e. The van der Waals surface area contributed by atoms with E-state index < -0.39 is 0 Å². The Labute approximate surface area is 126 Å². The van der Waals surface area contributed by atoms with Crippen LogP contribution in [0.3, 0.4) is 0 Å². The molecule has 0 bridgehead atoms. The molecule has 0 aliphatic rings. The summed E-state index contributed by atoms with van der Waals surface area (Å²) in [7, 11) is 0. The Morgan fingerprint density at radius 1 is 1.00 bits per heavy atom. The average Bonchev–Trinajstić information content (AvgIpc) is 2.76. The fourth-order valence-electron chi connectivity index (χ4n) is 2.07. The number of hydrogen-bond acceptors (Lipinski definition) is 4. The molecule has 0 spiro atoms. The minimum atomic E-state index is 0.179. The second kappa shape index (κ2) is 5.18. The smallest absolute Gasteiger partial charge is 0.176 e. The highest BCUT2D eigenvalue weighted by atomic mass is 35.5. The van der Waals surface area contributed by atoms with E-state index in [4.69, 9.17) is 11.6 Å². The lowest BCUT2D eigenvalue weighted by molar-refractivity contribution is 0.466. The molecule has 0 fully saturated rings. The highest BCUT2D eigenvalue weighted by molar-refractivity contribution is 6.30. The van der Waals surface area contributed by atoms with Gasteiger partial charge < -0.3 is 5.11 Å². The summed E-state index contributed by atoms with van der Waals surface area (Å²) in [5.74, 6) is 0.743. The Morgan fingerprint density at radius 3 is 2.24 bits per heavy atom. The molecule has 0 amide bonds. The van der Waals surface area contributed by atoms with E-state index in [1.165, 1.54) is 0 Å². The van der Waals surface area contributed by atoms with Crippen LogP contribution in [0.1, 0.15) is 11.4 Å². The second-order valence-electron chi connectivity index (χ2n) is 4.71. The van der Waals surface area contributed by atoms with Crippen LogP contribution >= 0.6 is 11.6 Å². The van der Waals surface area contributed by atoms with E-state index in [1.807, 2.05) is 36.4 Å². The second-order valence-corrected chi connectivity index (χ2v) is 5.15. The monoisotopic (exact) mass is 300 g/mol. The Balaban J connectivity index is 1.97. The predicted molar refractivity (Wildman–Crippen MR) is 80.7 cm³/mol. The van der Waals surface area contributed by atoms with E-state index in [0.29, 0.717) is 22.2 Å². The quantitative estimate of drug-likeness (QED) is 0.788. The zero-order valence-corrected chi connectivity index (χ0v) is 12.3. The molecule has 3 aromatic rings. The zero-order valence-electron chi connectivity index (χ0n) is 11.6. The molecule has 1 aromatic carbocycles. The maximum atomic E-state index is 9.80. The normalized spacial score (nSPS) is 10.8. The number of aryl methyl sites for hydroxylation is 1. The van der Waals surface area contributed by atoms with Gasteiger partial charge in [-0.1, -0.05) is 23.7 Å². The first-order chi connectivity index (χ1) is 10.1. The standard InChI is InChI=1S/C15H13ClN4O/c1-9-15(21)10(2)20(19-9)14-8-7-13(17-18-14)11-3-5-12(16)6-4-11/h3-8,21H,1-2H3. The van der Waals surface area contributed by atoms with Gasteiger partial charge in [0.15, 0.2) is 11.6 Å². The molecule has 0 atom stereocenters. The minimum Gasteiger partial charge on any atom is -0.504 e. The molecule has 2 aromatic heterocycles. The van der Waals surface area contributed by atoms with Gasteiger partial charge in [0.2, 0.25) is 0 Å². The van der Waals surface area contributed by atoms with Gasteiger partial charge in [-0.05, 0) is 38.1 Å². The lowest BCUT2D eigenvalue weighted by Crippen LogP contribution is -2.03. The SMILES string of the molecule is Cc1nn(-c2ccc(-c3ccc(Cl)cc3)nn2)c(C)c1O. The predicted octanol–water partition coefficient (Wildman–Crippen LogP) is 3.31. The molecule has 0 saturated carbocycles. The van der Waals surface area contributed by atoms with Crippen LogP contribution in [-0.4, -0.2) is 25.1 Å². The van der Waals surface area contributed by atoms with Crippen molar-refractivity contribution in [2.75, 3.05) is 0 Å². The molecule has 6 heteroatoms. The summed E-state index contributed by atoms with van der Waals surface area (Å²) < 4.78 is 1.57. The lowest BCUT2D eigenvalue weighted by Gasteiger charge is -2.04. The van der Waals surface area contributed by atoms with E-state index in [-0.39, 0.29) is 5.75 Å². The van der Waals surface area contributed by atoms with Crippen molar-refractivity contribution >= 4 is 11.6 Å². The summed E-state index contributed by atoms with van der Waals surface area (Å²) in [5.41, 5.74) is 2.90. The van der Waals surface area contributed by atoms with Crippen LogP contribution in [0.4, 0.5) is 0 Å². The van der Waals surface area contributed by atoms with Gasteiger partial charge in [-0.15, -0.1) is 10.2 Å². The Bertz CT molecular complexity index is 779. The van der Waals surface area contributed by atoms with Gasteiger partial charge >= 0.3 is 0 Å². The first kappa shape index (κ1) is 13.6. The van der Waals surface area contributed by atoms with Crippen molar-refractivity contribution in [1.82, 2.24) is 20.0 Å². The average molecular weight is 301 g/mol. The Kier molecular flexibility index (Phi) is 3.35. The van der Waals surface area contributed by atoms with Crippen molar-refractivity contribution in [2.24, 2.45) is 0 Å². The highest BCUT2D eigenvalue weighted by Gasteiger charge is 2.12. The topological polar surface area (TPSA) is 63.8 Å². The van der Waals surface area contributed by atoms with E-state index in [1.54, 1.807) is 18.5 Å². The van der Waals surface area contributed by atoms with Crippen molar-refractivity contribution in [1.29, 1.82) is 0 Å². The molecule has 5 nitrogen and oxygen atoms in total. The molecular weight excluding hydrogens is 288 g/mol. The van der Waals surface area contributed by atoms with Crippen LogP contribution < -0.4 is 0 Å². The van der Waals surface area contributed by atoms with Gasteiger partial charge in [-0.3, -0.25) is 0 Å². The molecule has 2 heterocycles. The van der Waals surface area contributed by atoms with Crippen molar-refractivity contribution in [3.63, 3.8) is 0 Å². The molecule has 1 N–H and O–H groups in total. The molecule has 0 unspecified atom stereocenters. The molecule has 0 aliphatic carbocycles. The van der Waals surface area contributed by atoms with Crippen LogP contribution in [-0.2, 0) is 0 Å². The summed E-state index contributed by atoms with van der Waals surface area (Å²) in [4.78, 5) is 0. The van der Waals surface area contributed by atoms with E-state index in [0.717, 1.165) is 11.3 Å². The van der Waals surface area contributed by atoms with Crippen LogP contribution in [0.25, 0.3) is 17.1 Å². The molecular formula is C15H13ClN4O. The van der Waals surface area contributed by atoms with Crippen molar-refractivity contribution in [3.05, 3.63) is 52.8 Å². The first-order valence-electron chi connectivity index (χ1n) is 6.41. The van der Waals surface area contributed by atoms with Gasteiger partial charge in [0, 0.05) is 10.6 Å². The summed E-state index contributed by atoms with van der Waals surface area (Å²) in [6, 6.07) is 11.1. The van der Waals surface area contributed by atoms with Crippen molar-refractivity contribution < 1.29 is 5.11 Å².